The molecule has 0 radical (unpaired) electrons. The third-order valence-electron chi connectivity index (χ3n) is 6.96. The Bertz CT molecular complexity index is 1190. The zero-order chi connectivity index (χ0) is 24.4. The average molecular weight is 488 g/mol. The standard InChI is InChI=1S/C28H29N3O3S/c1-20-9-11-22(12-10-20)31-25(32)14-13-23(26(31)24-8-5-19-35-24)28(34)30-17-15-29(16-18-30)27(33)21-6-3-2-4-7-21/h2-12,19,23,26H,13-18H2,1H3. The third kappa shape index (κ3) is 4.73. The summed E-state index contributed by atoms with van der Waals surface area (Å²) in [5, 5.41) is 2.00. The normalized spacial score (nSPS) is 20.7. The zero-order valence-corrected chi connectivity index (χ0v) is 20.6. The molecule has 3 aromatic rings. The van der Waals surface area contributed by atoms with Gasteiger partial charge in [0.1, 0.15) is 0 Å². The smallest absolute Gasteiger partial charge is 0.253 e. The molecule has 3 amide bonds. The van der Waals surface area contributed by atoms with E-state index in [1.807, 2.05) is 93.7 Å². The van der Waals surface area contributed by atoms with Gasteiger partial charge in [0.05, 0.1) is 12.0 Å². The molecule has 2 fully saturated rings. The Labute approximate surface area is 209 Å². The van der Waals surface area contributed by atoms with E-state index in [0.29, 0.717) is 44.6 Å². The van der Waals surface area contributed by atoms with Gasteiger partial charge in [0, 0.05) is 48.7 Å². The average Bonchev–Trinajstić information content (AvgIpc) is 3.44. The van der Waals surface area contributed by atoms with Crippen LogP contribution in [0, 0.1) is 12.8 Å². The van der Waals surface area contributed by atoms with Gasteiger partial charge >= 0.3 is 0 Å². The number of nitrogens with zero attached hydrogens (tertiary/aromatic N) is 3. The molecule has 5 rings (SSSR count). The molecule has 0 spiro atoms. The molecule has 1 aromatic heterocycles. The minimum atomic E-state index is -0.324. The van der Waals surface area contributed by atoms with E-state index in [1.165, 1.54) is 0 Å². The maximum absolute atomic E-state index is 13.8. The predicted octanol–water partition coefficient (Wildman–Crippen LogP) is 4.53. The predicted molar refractivity (Wildman–Crippen MR) is 137 cm³/mol. The van der Waals surface area contributed by atoms with Gasteiger partial charge in [-0.15, -0.1) is 11.3 Å². The summed E-state index contributed by atoms with van der Waals surface area (Å²) in [5.74, 6) is -0.193. The van der Waals surface area contributed by atoms with Crippen LogP contribution in [0.4, 0.5) is 5.69 Å². The van der Waals surface area contributed by atoms with Crippen molar-refractivity contribution >= 4 is 34.7 Å². The van der Waals surface area contributed by atoms with E-state index in [0.717, 1.165) is 16.1 Å². The Hall–Kier alpha value is -3.45. The molecule has 0 bridgehead atoms. The van der Waals surface area contributed by atoms with Gasteiger partial charge in [-0.3, -0.25) is 14.4 Å². The highest BCUT2D eigenvalue weighted by molar-refractivity contribution is 7.10. The fourth-order valence-corrected chi connectivity index (χ4v) is 5.95. The van der Waals surface area contributed by atoms with Gasteiger partial charge in [0.25, 0.3) is 5.91 Å². The van der Waals surface area contributed by atoms with E-state index >= 15 is 0 Å². The van der Waals surface area contributed by atoms with Crippen LogP contribution in [0.1, 0.15) is 39.7 Å². The summed E-state index contributed by atoms with van der Waals surface area (Å²) in [4.78, 5) is 46.3. The third-order valence-corrected chi connectivity index (χ3v) is 7.90. The number of piperidine rings is 1. The van der Waals surface area contributed by atoms with Crippen molar-refractivity contribution in [1.82, 2.24) is 9.80 Å². The van der Waals surface area contributed by atoms with Gasteiger partial charge in [-0.25, -0.2) is 0 Å². The fourth-order valence-electron chi connectivity index (χ4n) is 5.07. The van der Waals surface area contributed by atoms with Crippen LogP contribution in [0.5, 0.6) is 0 Å². The molecule has 2 atom stereocenters. The van der Waals surface area contributed by atoms with Gasteiger partial charge in [0.2, 0.25) is 11.8 Å². The highest BCUT2D eigenvalue weighted by Gasteiger charge is 2.43. The zero-order valence-electron chi connectivity index (χ0n) is 19.8. The fraction of sp³-hybridized carbons (Fsp3) is 0.321. The van der Waals surface area contributed by atoms with Crippen LogP contribution in [0.25, 0.3) is 0 Å². The molecule has 3 heterocycles. The van der Waals surface area contributed by atoms with Crippen LogP contribution in [0.3, 0.4) is 0 Å². The van der Waals surface area contributed by atoms with Gasteiger partial charge in [0.15, 0.2) is 0 Å². The summed E-state index contributed by atoms with van der Waals surface area (Å²) in [6.45, 7) is 4.05. The number of anilines is 1. The molecule has 6 nitrogen and oxygen atoms in total. The maximum atomic E-state index is 13.8. The lowest BCUT2D eigenvalue weighted by Crippen LogP contribution is -2.55. The summed E-state index contributed by atoms with van der Waals surface area (Å²) in [7, 11) is 0. The monoisotopic (exact) mass is 487 g/mol. The van der Waals surface area contributed by atoms with Crippen LogP contribution in [0.15, 0.2) is 72.1 Å². The number of carbonyl (C=O) groups is 3. The van der Waals surface area contributed by atoms with Gasteiger partial charge < -0.3 is 14.7 Å². The summed E-state index contributed by atoms with van der Waals surface area (Å²) < 4.78 is 0. The van der Waals surface area contributed by atoms with Gasteiger partial charge in [-0.05, 0) is 49.1 Å². The Balaban J connectivity index is 1.35. The second-order valence-corrected chi connectivity index (χ2v) is 10.2. The molecule has 7 heteroatoms. The van der Waals surface area contributed by atoms with E-state index in [4.69, 9.17) is 0 Å². The number of amides is 3. The summed E-state index contributed by atoms with van der Waals surface area (Å²) in [6.07, 6.45) is 0.879. The number of carbonyl (C=O) groups excluding carboxylic acids is 3. The van der Waals surface area contributed by atoms with Crippen molar-refractivity contribution in [1.29, 1.82) is 0 Å². The number of benzene rings is 2. The lowest BCUT2D eigenvalue weighted by atomic mass is 9.85. The molecular formula is C28H29N3O3S. The number of hydrogen-bond donors (Lipinski definition) is 0. The molecule has 0 saturated carbocycles. The van der Waals surface area contributed by atoms with E-state index in [2.05, 4.69) is 0 Å². The van der Waals surface area contributed by atoms with Crippen molar-refractivity contribution < 1.29 is 14.4 Å². The summed E-state index contributed by atoms with van der Waals surface area (Å²) >= 11 is 1.59. The largest absolute Gasteiger partial charge is 0.339 e. The van der Waals surface area contributed by atoms with Crippen molar-refractivity contribution in [2.24, 2.45) is 5.92 Å². The van der Waals surface area contributed by atoms with Crippen LogP contribution < -0.4 is 4.90 Å². The van der Waals surface area contributed by atoms with Crippen molar-refractivity contribution in [2.45, 2.75) is 25.8 Å². The number of thiophene rings is 1. The summed E-state index contributed by atoms with van der Waals surface area (Å²) in [5.41, 5.74) is 2.63. The molecule has 0 aliphatic carbocycles. The number of aryl methyl sites for hydroxylation is 1. The van der Waals surface area contributed by atoms with Crippen molar-refractivity contribution in [3.05, 3.63) is 88.1 Å². The van der Waals surface area contributed by atoms with E-state index in [-0.39, 0.29) is 29.7 Å². The topological polar surface area (TPSA) is 60.9 Å². The van der Waals surface area contributed by atoms with Crippen LogP contribution in [0.2, 0.25) is 0 Å². The van der Waals surface area contributed by atoms with Crippen molar-refractivity contribution in [2.75, 3.05) is 31.1 Å². The minimum Gasteiger partial charge on any atom is -0.339 e. The number of piperazine rings is 1. The molecule has 2 aliphatic heterocycles. The first-order valence-corrected chi connectivity index (χ1v) is 13.0. The van der Waals surface area contributed by atoms with Crippen molar-refractivity contribution in [3.8, 4) is 0 Å². The van der Waals surface area contributed by atoms with Crippen LogP contribution >= 0.6 is 11.3 Å². The van der Waals surface area contributed by atoms with E-state index < -0.39 is 0 Å². The van der Waals surface area contributed by atoms with E-state index in [9.17, 15) is 14.4 Å². The Morgan fingerprint density at radius 3 is 2.20 bits per heavy atom. The van der Waals surface area contributed by atoms with Crippen LogP contribution in [-0.4, -0.2) is 53.7 Å². The highest BCUT2D eigenvalue weighted by atomic mass is 32.1. The number of rotatable bonds is 4. The molecular weight excluding hydrogens is 458 g/mol. The molecule has 35 heavy (non-hydrogen) atoms. The number of hydrogen-bond acceptors (Lipinski definition) is 4. The lowest BCUT2D eigenvalue weighted by molar-refractivity contribution is -0.139. The second kappa shape index (κ2) is 10.0. The first-order chi connectivity index (χ1) is 17.0. The molecule has 2 aliphatic rings. The first-order valence-electron chi connectivity index (χ1n) is 12.1. The van der Waals surface area contributed by atoms with Crippen LogP contribution in [-0.2, 0) is 9.59 Å². The Kier molecular flexibility index (Phi) is 6.68. The lowest BCUT2D eigenvalue weighted by Gasteiger charge is -2.43. The SMILES string of the molecule is Cc1ccc(N2C(=O)CCC(C(=O)N3CCN(C(=O)c4ccccc4)CC3)C2c2cccs2)cc1. The van der Waals surface area contributed by atoms with Gasteiger partial charge in [-0.1, -0.05) is 42.0 Å². The Morgan fingerprint density at radius 2 is 1.54 bits per heavy atom. The maximum Gasteiger partial charge on any atom is 0.253 e. The highest BCUT2D eigenvalue weighted by Crippen LogP contribution is 2.42. The first kappa shape index (κ1) is 23.3. The summed E-state index contributed by atoms with van der Waals surface area (Å²) in [6, 6.07) is 20.9. The molecule has 2 aromatic carbocycles. The minimum absolute atomic E-state index is 0.00275. The molecule has 2 saturated heterocycles. The van der Waals surface area contributed by atoms with Gasteiger partial charge in [-0.2, -0.15) is 0 Å². The molecule has 0 N–H and O–H groups in total. The second-order valence-electron chi connectivity index (χ2n) is 9.19. The molecule has 2 unspecified atom stereocenters. The Morgan fingerprint density at radius 1 is 0.857 bits per heavy atom. The van der Waals surface area contributed by atoms with Crippen molar-refractivity contribution in [3.63, 3.8) is 0 Å². The van der Waals surface area contributed by atoms with E-state index in [1.54, 1.807) is 11.3 Å². The quantitative estimate of drug-likeness (QED) is 0.544. The molecule has 180 valence electrons.